The molecule has 0 aromatic heterocycles. The predicted octanol–water partition coefficient (Wildman–Crippen LogP) is 2.06. The van der Waals surface area contributed by atoms with Crippen molar-refractivity contribution < 1.29 is 14.6 Å². The molecule has 0 bridgehead atoms. The van der Waals surface area contributed by atoms with Crippen LogP contribution in [0.2, 0.25) is 0 Å². The molecule has 76 valence electrons. The maximum absolute atomic E-state index is 10.3. The van der Waals surface area contributed by atoms with Gasteiger partial charge in [-0.15, -0.1) is 0 Å². The van der Waals surface area contributed by atoms with Crippen molar-refractivity contribution in [2.45, 2.75) is 45.1 Å². The lowest BCUT2D eigenvalue weighted by Crippen LogP contribution is -2.29. The molecular formula is C10H18O3. The van der Waals surface area contributed by atoms with Crippen LogP contribution >= 0.6 is 0 Å². The Balaban J connectivity index is 2.31. The van der Waals surface area contributed by atoms with Crippen LogP contribution < -0.4 is 0 Å². The van der Waals surface area contributed by atoms with Gasteiger partial charge in [0.05, 0.1) is 6.10 Å². The maximum Gasteiger partial charge on any atom is 0.329 e. The summed E-state index contributed by atoms with van der Waals surface area (Å²) in [6, 6.07) is 0. The Labute approximate surface area is 79.1 Å². The van der Waals surface area contributed by atoms with Crippen molar-refractivity contribution >= 4 is 5.97 Å². The van der Waals surface area contributed by atoms with Crippen molar-refractivity contribution in [2.24, 2.45) is 5.92 Å². The van der Waals surface area contributed by atoms with E-state index in [-0.39, 0.29) is 12.7 Å². The van der Waals surface area contributed by atoms with Gasteiger partial charge in [0.1, 0.15) is 6.61 Å². The largest absolute Gasteiger partial charge is 0.480 e. The second kappa shape index (κ2) is 5.22. The molecular weight excluding hydrogens is 168 g/mol. The summed E-state index contributed by atoms with van der Waals surface area (Å²) in [5, 5.41) is 8.48. The molecule has 0 heterocycles. The molecule has 1 saturated carbocycles. The molecule has 0 unspecified atom stereocenters. The minimum Gasteiger partial charge on any atom is -0.480 e. The molecule has 1 rings (SSSR count). The van der Waals surface area contributed by atoms with Crippen LogP contribution in [-0.2, 0) is 9.53 Å². The van der Waals surface area contributed by atoms with Crippen LogP contribution in [0.1, 0.15) is 39.0 Å². The second-order valence-corrected chi connectivity index (χ2v) is 3.70. The summed E-state index contributed by atoms with van der Waals surface area (Å²) in [5.41, 5.74) is 0. The van der Waals surface area contributed by atoms with Crippen LogP contribution in [0.15, 0.2) is 0 Å². The Hall–Kier alpha value is -0.570. The van der Waals surface area contributed by atoms with Gasteiger partial charge < -0.3 is 9.84 Å². The van der Waals surface area contributed by atoms with Crippen molar-refractivity contribution in [3.05, 3.63) is 0 Å². The van der Waals surface area contributed by atoms with Gasteiger partial charge in [-0.3, -0.25) is 0 Å². The van der Waals surface area contributed by atoms with Crippen molar-refractivity contribution in [1.29, 1.82) is 0 Å². The molecule has 1 aliphatic carbocycles. The zero-order valence-corrected chi connectivity index (χ0v) is 8.16. The number of carbonyl (C=O) groups is 1. The van der Waals surface area contributed by atoms with Gasteiger partial charge in [0.2, 0.25) is 0 Å². The Morgan fingerprint density at radius 2 is 2.15 bits per heavy atom. The average molecular weight is 186 g/mol. The standard InChI is InChI=1S/C10H18O3/c1-2-8-5-3-4-6-9(8)13-7-10(11)12/h8-9H,2-7H2,1H3,(H,11,12)/t8-,9-/m0/s1. The van der Waals surface area contributed by atoms with Crippen molar-refractivity contribution in [1.82, 2.24) is 0 Å². The monoisotopic (exact) mass is 186 g/mol. The Morgan fingerprint density at radius 1 is 1.46 bits per heavy atom. The Morgan fingerprint density at radius 3 is 2.77 bits per heavy atom. The van der Waals surface area contributed by atoms with Crippen LogP contribution in [0.25, 0.3) is 0 Å². The van der Waals surface area contributed by atoms with Crippen molar-refractivity contribution in [2.75, 3.05) is 6.61 Å². The van der Waals surface area contributed by atoms with E-state index in [1.807, 2.05) is 0 Å². The first-order valence-corrected chi connectivity index (χ1v) is 5.07. The number of aliphatic carboxylic acids is 1. The number of carboxylic acid groups (broad SMARTS) is 1. The minimum atomic E-state index is -0.861. The van der Waals surface area contributed by atoms with Gasteiger partial charge in [0, 0.05) is 0 Å². The summed E-state index contributed by atoms with van der Waals surface area (Å²) in [6.07, 6.45) is 5.97. The summed E-state index contributed by atoms with van der Waals surface area (Å²) in [6.45, 7) is 2.01. The van der Waals surface area contributed by atoms with Gasteiger partial charge in [-0.25, -0.2) is 4.79 Å². The molecule has 0 radical (unpaired) electrons. The molecule has 2 atom stereocenters. The summed E-state index contributed by atoms with van der Waals surface area (Å²) < 4.78 is 5.35. The third kappa shape index (κ3) is 3.35. The fraction of sp³-hybridized carbons (Fsp3) is 0.900. The van der Waals surface area contributed by atoms with Gasteiger partial charge in [-0.2, -0.15) is 0 Å². The summed E-state index contributed by atoms with van der Waals surface area (Å²) in [4.78, 5) is 10.3. The van der Waals surface area contributed by atoms with E-state index < -0.39 is 5.97 Å². The molecule has 3 nitrogen and oxygen atoms in total. The van der Waals surface area contributed by atoms with E-state index in [1.54, 1.807) is 0 Å². The molecule has 13 heavy (non-hydrogen) atoms. The lowest BCUT2D eigenvalue weighted by molar-refractivity contribution is -0.146. The topological polar surface area (TPSA) is 46.5 Å². The molecule has 1 aliphatic rings. The quantitative estimate of drug-likeness (QED) is 0.731. The van der Waals surface area contributed by atoms with Gasteiger partial charge in [-0.05, 0) is 18.8 Å². The molecule has 3 heteroatoms. The van der Waals surface area contributed by atoms with E-state index in [2.05, 4.69) is 6.92 Å². The number of hydrogen-bond donors (Lipinski definition) is 1. The molecule has 0 aromatic rings. The number of hydrogen-bond acceptors (Lipinski definition) is 2. The fourth-order valence-corrected chi connectivity index (χ4v) is 2.04. The number of ether oxygens (including phenoxy) is 1. The van der Waals surface area contributed by atoms with E-state index >= 15 is 0 Å². The van der Waals surface area contributed by atoms with E-state index in [9.17, 15) is 4.79 Å². The molecule has 0 amide bonds. The third-order valence-electron chi connectivity index (χ3n) is 2.78. The third-order valence-corrected chi connectivity index (χ3v) is 2.78. The lowest BCUT2D eigenvalue weighted by atomic mass is 9.85. The van der Waals surface area contributed by atoms with Crippen LogP contribution in [0, 0.1) is 5.92 Å². The molecule has 0 saturated heterocycles. The Kier molecular flexibility index (Phi) is 4.22. The SMILES string of the molecule is CC[C@H]1CCCC[C@@H]1OCC(=O)O. The minimum absolute atomic E-state index is 0.138. The van der Waals surface area contributed by atoms with Crippen LogP contribution in [-0.4, -0.2) is 23.8 Å². The van der Waals surface area contributed by atoms with Crippen LogP contribution in [0.4, 0.5) is 0 Å². The highest BCUT2D eigenvalue weighted by molar-refractivity contribution is 5.68. The first-order chi connectivity index (χ1) is 6.24. The van der Waals surface area contributed by atoms with Gasteiger partial charge in [0.25, 0.3) is 0 Å². The van der Waals surface area contributed by atoms with E-state index in [0.717, 1.165) is 12.8 Å². The highest BCUT2D eigenvalue weighted by Gasteiger charge is 2.24. The fourth-order valence-electron chi connectivity index (χ4n) is 2.04. The van der Waals surface area contributed by atoms with E-state index in [0.29, 0.717) is 5.92 Å². The first kappa shape index (κ1) is 10.5. The number of rotatable bonds is 4. The van der Waals surface area contributed by atoms with Crippen LogP contribution in [0.5, 0.6) is 0 Å². The predicted molar refractivity (Wildman–Crippen MR) is 49.6 cm³/mol. The molecule has 1 N–H and O–H groups in total. The van der Waals surface area contributed by atoms with Gasteiger partial charge in [-0.1, -0.05) is 26.2 Å². The van der Waals surface area contributed by atoms with E-state index in [1.165, 1.54) is 19.3 Å². The molecule has 0 aliphatic heterocycles. The van der Waals surface area contributed by atoms with Gasteiger partial charge in [0.15, 0.2) is 0 Å². The van der Waals surface area contributed by atoms with Crippen molar-refractivity contribution in [3.8, 4) is 0 Å². The lowest BCUT2D eigenvalue weighted by Gasteiger charge is -2.30. The second-order valence-electron chi connectivity index (χ2n) is 3.70. The normalized spacial score (nSPS) is 28.7. The Bertz CT molecular complexity index is 168. The molecule has 0 aromatic carbocycles. The summed E-state index contributed by atoms with van der Waals surface area (Å²) >= 11 is 0. The zero-order valence-electron chi connectivity index (χ0n) is 8.16. The first-order valence-electron chi connectivity index (χ1n) is 5.07. The average Bonchev–Trinajstić information content (AvgIpc) is 2.15. The summed E-state index contributed by atoms with van der Waals surface area (Å²) in [7, 11) is 0. The molecule has 1 fully saturated rings. The van der Waals surface area contributed by atoms with E-state index in [4.69, 9.17) is 9.84 Å². The van der Waals surface area contributed by atoms with Crippen LogP contribution in [0.3, 0.4) is 0 Å². The smallest absolute Gasteiger partial charge is 0.329 e. The highest BCUT2D eigenvalue weighted by Crippen LogP contribution is 2.28. The maximum atomic E-state index is 10.3. The van der Waals surface area contributed by atoms with Crippen molar-refractivity contribution in [3.63, 3.8) is 0 Å². The summed E-state index contributed by atoms with van der Waals surface area (Å²) in [5.74, 6) is -0.284. The number of carboxylic acids is 1. The highest BCUT2D eigenvalue weighted by atomic mass is 16.5. The van der Waals surface area contributed by atoms with Gasteiger partial charge >= 0.3 is 5.97 Å². The molecule has 0 spiro atoms. The zero-order chi connectivity index (χ0) is 9.68.